The standard InChI is InChI=1S/C20H23FN2O/c1-2-15-4-3-12-23(13-10-15)20(24)17-7-5-16(6-8-17)18-9-11-22-14-19(18)21/h5-9,11,14-15H,2-4,10,12-13H2,1H3. The number of hydrogen-bond acceptors (Lipinski definition) is 2. The molecule has 1 fully saturated rings. The van der Waals surface area contributed by atoms with Gasteiger partial charge in [-0.2, -0.15) is 0 Å². The number of halogens is 1. The highest BCUT2D eigenvalue weighted by Crippen LogP contribution is 2.24. The molecule has 3 rings (SSSR count). The van der Waals surface area contributed by atoms with Crippen molar-refractivity contribution in [2.24, 2.45) is 5.92 Å². The van der Waals surface area contributed by atoms with E-state index in [9.17, 15) is 9.18 Å². The molecular weight excluding hydrogens is 303 g/mol. The first-order valence-electron chi connectivity index (χ1n) is 8.68. The van der Waals surface area contributed by atoms with E-state index in [1.165, 1.54) is 19.0 Å². The second kappa shape index (κ2) is 7.56. The fraction of sp³-hybridized carbons (Fsp3) is 0.400. The SMILES string of the molecule is CCC1CCCN(C(=O)c2ccc(-c3ccncc3F)cc2)CC1. The monoisotopic (exact) mass is 326 g/mol. The summed E-state index contributed by atoms with van der Waals surface area (Å²) in [6.07, 6.45) is 7.33. The molecule has 0 bridgehead atoms. The van der Waals surface area contributed by atoms with Crippen molar-refractivity contribution in [1.29, 1.82) is 0 Å². The summed E-state index contributed by atoms with van der Waals surface area (Å²) in [4.78, 5) is 18.4. The summed E-state index contributed by atoms with van der Waals surface area (Å²) in [7, 11) is 0. The fourth-order valence-corrected chi connectivity index (χ4v) is 3.36. The number of hydrogen-bond donors (Lipinski definition) is 0. The van der Waals surface area contributed by atoms with Gasteiger partial charge >= 0.3 is 0 Å². The van der Waals surface area contributed by atoms with Crippen molar-refractivity contribution in [2.45, 2.75) is 32.6 Å². The van der Waals surface area contributed by atoms with Gasteiger partial charge in [0.25, 0.3) is 5.91 Å². The Morgan fingerprint density at radius 2 is 2.00 bits per heavy atom. The van der Waals surface area contributed by atoms with Crippen LogP contribution in [0.5, 0.6) is 0 Å². The minimum Gasteiger partial charge on any atom is -0.339 e. The van der Waals surface area contributed by atoms with Crippen molar-refractivity contribution in [3.8, 4) is 11.1 Å². The van der Waals surface area contributed by atoms with Crippen LogP contribution in [0.15, 0.2) is 42.7 Å². The lowest BCUT2D eigenvalue weighted by Crippen LogP contribution is -2.32. The molecule has 0 radical (unpaired) electrons. The summed E-state index contributed by atoms with van der Waals surface area (Å²) in [5.41, 5.74) is 1.93. The molecular formula is C20H23FN2O. The molecule has 0 N–H and O–H groups in total. The first kappa shape index (κ1) is 16.6. The number of aromatic nitrogens is 1. The first-order valence-corrected chi connectivity index (χ1v) is 8.68. The lowest BCUT2D eigenvalue weighted by atomic mass is 9.98. The quantitative estimate of drug-likeness (QED) is 0.829. The zero-order valence-electron chi connectivity index (χ0n) is 14.0. The second-order valence-electron chi connectivity index (χ2n) is 6.43. The van der Waals surface area contributed by atoms with Crippen LogP contribution in [0.4, 0.5) is 4.39 Å². The molecule has 1 saturated heterocycles. The van der Waals surface area contributed by atoms with Crippen molar-refractivity contribution >= 4 is 5.91 Å². The third-order valence-corrected chi connectivity index (χ3v) is 4.93. The van der Waals surface area contributed by atoms with Crippen LogP contribution in [0.3, 0.4) is 0 Å². The molecule has 0 saturated carbocycles. The van der Waals surface area contributed by atoms with Crippen molar-refractivity contribution in [3.63, 3.8) is 0 Å². The van der Waals surface area contributed by atoms with Crippen LogP contribution in [0.1, 0.15) is 43.0 Å². The van der Waals surface area contributed by atoms with Crippen molar-refractivity contribution in [2.75, 3.05) is 13.1 Å². The van der Waals surface area contributed by atoms with Crippen molar-refractivity contribution in [3.05, 3.63) is 54.1 Å². The highest BCUT2D eigenvalue weighted by molar-refractivity contribution is 5.94. The Morgan fingerprint density at radius 1 is 1.21 bits per heavy atom. The lowest BCUT2D eigenvalue weighted by molar-refractivity contribution is 0.0760. The van der Waals surface area contributed by atoms with Gasteiger partial charge in [0.05, 0.1) is 6.20 Å². The molecule has 3 nitrogen and oxygen atoms in total. The Balaban J connectivity index is 1.73. The summed E-state index contributed by atoms with van der Waals surface area (Å²) in [5, 5.41) is 0. The average Bonchev–Trinajstić information content (AvgIpc) is 2.87. The van der Waals surface area contributed by atoms with Gasteiger partial charge in [-0.25, -0.2) is 4.39 Å². The van der Waals surface area contributed by atoms with Crippen LogP contribution in [0.25, 0.3) is 11.1 Å². The van der Waals surface area contributed by atoms with E-state index >= 15 is 0 Å². The van der Waals surface area contributed by atoms with E-state index in [-0.39, 0.29) is 11.7 Å². The highest BCUT2D eigenvalue weighted by Gasteiger charge is 2.20. The molecule has 0 aliphatic carbocycles. The summed E-state index contributed by atoms with van der Waals surface area (Å²) >= 11 is 0. The van der Waals surface area contributed by atoms with Crippen LogP contribution in [0.2, 0.25) is 0 Å². The predicted molar refractivity (Wildman–Crippen MR) is 93.2 cm³/mol. The van der Waals surface area contributed by atoms with Gasteiger partial charge in [-0.3, -0.25) is 9.78 Å². The molecule has 24 heavy (non-hydrogen) atoms. The first-order chi connectivity index (χ1) is 11.7. The Morgan fingerprint density at radius 3 is 2.71 bits per heavy atom. The summed E-state index contributed by atoms with van der Waals surface area (Å²) in [5.74, 6) is 0.461. The van der Waals surface area contributed by atoms with Gasteiger partial charge in [-0.05, 0) is 48.9 Å². The number of amides is 1. The van der Waals surface area contributed by atoms with E-state index in [2.05, 4.69) is 11.9 Å². The van der Waals surface area contributed by atoms with Crippen LogP contribution in [-0.2, 0) is 0 Å². The molecule has 1 aromatic heterocycles. The number of carbonyl (C=O) groups is 1. The van der Waals surface area contributed by atoms with E-state index in [1.807, 2.05) is 4.90 Å². The molecule has 2 aromatic rings. The van der Waals surface area contributed by atoms with Crippen LogP contribution >= 0.6 is 0 Å². The number of carbonyl (C=O) groups excluding carboxylic acids is 1. The highest BCUT2D eigenvalue weighted by atomic mass is 19.1. The van der Waals surface area contributed by atoms with E-state index in [0.717, 1.165) is 37.4 Å². The maximum Gasteiger partial charge on any atom is 0.253 e. The molecule has 1 amide bonds. The van der Waals surface area contributed by atoms with Crippen LogP contribution in [-0.4, -0.2) is 28.9 Å². The van der Waals surface area contributed by atoms with E-state index < -0.39 is 0 Å². The Labute approximate surface area is 142 Å². The second-order valence-corrected chi connectivity index (χ2v) is 6.43. The van der Waals surface area contributed by atoms with Gasteiger partial charge < -0.3 is 4.90 Å². The maximum absolute atomic E-state index is 13.8. The number of nitrogens with zero attached hydrogens (tertiary/aromatic N) is 2. The van der Waals surface area contributed by atoms with Crippen LogP contribution < -0.4 is 0 Å². The normalized spacial score (nSPS) is 18.2. The molecule has 4 heteroatoms. The van der Waals surface area contributed by atoms with Crippen molar-refractivity contribution in [1.82, 2.24) is 9.88 Å². The van der Waals surface area contributed by atoms with E-state index in [4.69, 9.17) is 0 Å². The number of likely N-dealkylation sites (tertiary alicyclic amines) is 1. The molecule has 0 spiro atoms. The van der Waals surface area contributed by atoms with Crippen LogP contribution in [0, 0.1) is 11.7 Å². The van der Waals surface area contributed by atoms with E-state index in [1.54, 1.807) is 36.5 Å². The van der Waals surface area contributed by atoms with Crippen molar-refractivity contribution < 1.29 is 9.18 Å². The van der Waals surface area contributed by atoms with Gasteiger partial charge in [-0.1, -0.05) is 25.5 Å². The molecule has 1 atom stereocenters. The largest absolute Gasteiger partial charge is 0.339 e. The Kier molecular flexibility index (Phi) is 5.24. The zero-order chi connectivity index (χ0) is 16.9. The number of benzene rings is 1. The fourth-order valence-electron chi connectivity index (χ4n) is 3.36. The van der Waals surface area contributed by atoms with Gasteiger partial charge in [0.2, 0.25) is 0 Å². The third-order valence-electron chi connectivity index (χ3n) is 4.93. The third kappa shape index (κ3) is 3.64. The average molecular weight is 326 g/mol. The summed E-state index contributed by atoms with van der Waals surface area (Å²) < 4.78 is 13.8. The number of pyridine rings is 1. The van der Waals surface area contributed by atoms with Gasteiger partial charge in [-0.15, -0.1) is 0 Å². The summed E-state index contributed by atoms with van der Waals surface area (Å²) in [6, 6.07) is 8.84. The molecule has 1 aliphatic heterocycles. The summed E-state index contributed by atoms with van der Waals surface area (Å²) in [6.45, 7) is 3.88. The number of rotatable bonds is 3. The zero-order valence-corrected chi connectivity index (χ0v) is 14.0. The lowest BCUT2D eigenvalue weighted by Gasteiger charge is -2.20. The predicted octanol–water partition coefficient (Wildman–Crippen LogP) is 4.54. The molecule has 1 aromatic carbocycles. The minimum absolute atomic E-state index is 0.0773. The van der Waals surface area contributed by atoms with Gasteiger partial charge in [0.15, 0.2) is 0 Å². The Bertz CT molecular complexity index is 699. The molecule has 2 heterocycles. The maximum atomic E-state index is 13.8. The molecule has 126 valence electrons. The van der Waals surface area contributed by atoms with Gasteiger partial charge in [0.1, 0.15) is 5.82 Å². The van der Waals surface area contributed by atoms with Gasteiger partial charge in [0, 0.05) is 30.4 Å². The smallest absolute Gasteiger partial charge is 0.253 e. The minimum atomic E-state index is -0.352. The topological polar surface area (TPSA) is 33.2 Å². The molecule has 1 aliphatic rings. The molecule has 1 unspecified atom stereocenters. The Hall–Kier alpha value is -2.23. The van der Waals surface area contributed by atoms with E-state index in [0.29, 0.717) is 11.1 Å².